The zero-order valence-corrected chi connectivity index (χ0v) is 27.9. The second-order valence-corrected chi connectivity index (χ2v) is 23.3. The van der Waals surface area contributed by atoms with Gasteiger partial charge in [-0.05, 0) is 5.41 Å². The van der Waals surface area contributed by atoms with Crippen LogP contribution in [0, 0.1) is 0 Å². The molecule has 4 rings (SSSR count). The first-order valence-electron chi connectivity index (χ1n) is 11.7. The van der Waals surface area contributed by atoms with Gasteiger partial charge in [-0.1, -0.05) is 77.4 Å². The second kappa shape index (κ2) is 11.3. The van der Waals surface area contributed by atoms with Crippen molar-refractivity contribution in [2.24, 2.45) is 0 Å². The Morgan fingerprint density at radius 2 is 1.29 bits per heavy atom. The van der Waals surface area contributed by atoms with E-state index in [2.05, 4.69) is 114 Å². The third-order valence-corrected chi connectivity index (χ3v) is 9.42. The van der Waals surface area contributed by atoms with E-state index >= 15 is 0 Å². The van der Waals surface area contributed by atoms with E-state index in [1.54, 1.807) is 11.1 Å². The van der Waals surface area contributed by atoms with Crippen molar-refractivity contribution in [3.8, 4) is 0 Å². The van der Waals surface area contributed by atoms with E-state index in [9.17, 15) is 0 Å². The van der Waals surface area contributed by atoms with E-state index in [4.69, 9.17) is 0 Å². The van der Waals surface area contributed by atoms with Crippen LogP contribution in [0.25, 0.3) is 21.5 Å². The third kappa shape index (κ3) is 6.46. The van der Waals surface area contributed by atoms with Crippen LogP contribution in [-0.2, 0) is 43.7 Å². The van der Waals surface area contributed by atoms with Crippen molar-refractivity contribution in [1.29, 1.82) is 0 Å². The molecule has 0 radical (unpaired) electrons. The van der Waals surface area contributed by atoms with Crippen molar-refractivity contribution in [3.63, 3.8) is 0 Å². The Morgan fingerprint density at radius 1 is 0.765 bits per heavy atom. The van der Waals surface area contributed by atoms with Gasteiger partial charge in [0, 0.05) is 16.1 Å². The Bertz CT molecular complexity index is 1240. The molecule has 0 aliphatic carbocycles. The van der Waals surface area contributed by atoms with Crippen molar-refractivity contribution in [3.05, 3.63) is 82.9 Å². The predicted molar refractivity (Wildman–Crippen MR) is 145 cm³/mol. The summed E-state index contributed by atoms with van der Waals surface area (Å²) < 4.78 is 0. The van der Waals surface area contributed by atoms with Crippen LogP contribution < -0.4 is 24.8 Å². The van der Waals surface area contributed by atoms with Gasteiger partial charge in [-0.2, -0.15) is 11.1 Å². The van der Waals surface area contributed by atoms with E-state index in [-0.39, 0.29) is 56.4 Å². The monoisotopic (exact) mass is 602 g/mol. The average molecular weight is 605 g/mol. The van der Waals surface area contributed by atoms with Crippen molar-refractivity contribution in [2.75, 3.05) is 0 Å². The van der Waals surface area contributed by atoms with Crippen LogP contribution in [0.15, 0.2) is 60.7 Å². The second-order valence-electron chi connectivity index (χ2n) is 12.4. The molecule has 0 aliphatic rings. The first-order valence-corrected chi connectivity index (χ1v) is 19.1. The van der Waals surface area contributed by atoms with Crippen molar-refractivity contribution in [2.45, 2.75) is 70.6 Å². The summed E-state index contributed by atoms with van der Waals surface area (Å²) >= 11 is 0. The van der Waals surface area contributed by atoms with Crippen LogP contribution in [-0.4, -0.2) is 16.1 Å². The SMILES string of the molecule is CC(C)(c1[cH-]c2ccccc2c1C[Si](C)(C)C)[c-]1cc(C[Si](C)(C)C)c2ccccc21.[Cl-].[Cl-].[Zr+4]. The Labute approximate surface area is 240 Å². The summed E-state index contributed by atoms with van der Waals surface area (Å²) in [6, 6.07) is 25.7. The fourth-order valence-electron chi connectivity index (χ4n) is 5.27. The molecule has 0 unspecified atom stereocenters. The Hall–Kier alpha value is -0.443. The summed E-state index contributed by atoms with van der Waals surface area (Å²) in [7, 11) is -2.47. The zero-order valence-electron chi connectivity index (χ0n) is 21.9. The first-order chi connectivity index (χ1) is 14.4. The molecule has 0 aromatic heterocycles. The van der Waals surface area contributed by atoms with E-state index < -0.39 is 16.1 Å². The topological polar surface area (TPSA) is 0 Å². The molecule has 0 amide bonds. The average Bonchev–Trinajstić information content (AvgIpc) is 3.20. The van der Waals surface area contributed by atoms with E-state index in [0.717, 1.165) is 0 Å². The van der Waals surface area contributed by atoms with E-state index in [1.165, 1.54) is 44.8 Å². The van der Waals surface area contributed by atoms with Gasteiger partial charge in [-0.15, -0.1) is 81.2 Å². The minimum Gasteiger partial charge on any atom is -1.00 e. The van der Waals surface area contributed by atoms with Crippen molar-refractivity contribution in [1.82, 2.24) is 0 Å². The number of halogens is 2. The van der Waals surface area contributed by atoms with Gasteiger partial charge in [0.15, 0.2) is 0 Å². The molecular weight excluding hydrogens is 567 g/mol. The number of fused-ring (bicyclic) bond motifs is 2. The van der Waals surface area contributed by atoms with E-state index in [1.807, 2.05) is 0 Å². The smallest absolute Gasteiger partial charge is 1.00 e. The summed E-state index contributed by atoms with van der Waals surface area (Å²) in [6.07, 6.45) is 0. The molecule has 5 heteroatoms. The molecule has 0 atom stereocenters. The standard InChI is InChI=1S/C29H38Si2.2ClH.Zr/c1-29(2,27-18-22(19-30(3,4)5)24-15-11-12-16-25(24)27)28-17-21-13-9-10-14-23(21)26(28)20-31(6,7)8;;;/h9-18H,19-20H2,1-8H3;2*1H;/q-2;;;+4/p-2. The van der Waals surface area contributed by atoms with Crippen LogP contribution in [0.3, 0.4) is 0 Å². The molecule has 4 aromatic rings. The zero-order chi connectivity index (χ0) is 22.6. The molecular formula is C29H38Cl2Si2Zr. The molecule has 0 aliphatic heterocycles. The van der Waals surface area contributed by atoms with Gasteiger partial charge in [0.25, 0.3) is 0 Å². The first kappa shape index (κ1) is 31.6. The Kier molecular flexibility index (Phi) is 10.5. The van der Waals surface area contributed by atoms with Crippen molar-refractivity contribution < 1.29 is 51.0 Å². The molecule has 0 fully saturated rings. The fourth-order valence-corrected chi connectivity index (χ4v) is 8.15. The van der Waals surface area contributed by atoms with Crippen LogP contribution in [0.1, 0.15) is 36.1 Å². The van der Waals surface area contributed by atoms with Gasteiger partial charge in [0.05, 0.1) is 0 Å². The maximum atomic E-state index is 2.55. The molecule has 0 N–H and O–H groups in total. The molecule has 0 saturated heterocycles. The quantitative estimate of drug-likeness (QED) is 0.235. The van der Waals surface area contributed by atoms with Gasteiger partial charge in [0.1, 0.15) is 0 Å². The minimum atomic E-state index is -1.26. The minimum absolute atomic E-state index is 0. The van der Waals surface area contributed by atoms with Gasteiger partial charge in [0.2, 0.25) is 0 Å². The molecule has 0 heterocycles. The predicted octanol–water partition coefficient (Wildman–Crippen LogP) is 2.60. The molecule has 0 nitrogen and oxygen atoms in total. The molecule has 0 bridgehead atoms. The van der Waals surface area contributed by atoms with Crippen LogP contribution in [0.4, 0.5) is 0 Å². The Balaban J connectivity index is 0.00000193. The van der Waals surface area contributed by atoms with Crippen molar-refractivity contribution >= 4 is 37.7 Å². The molecule has 0 spiro atoms. The number of hydrogen-bond acceptors (Lipinski definition) is 0. The van der Waals surface area contributed by atoms with E-state index in [0.29, 0.717) is 0 Å². The summed E-state index contributed by atoms with van der Waals surface area (Å²) in [4.78, 5) is 0. The summed E-state index contributed by atoms with van der Waals surface area (Å²) in [6.45, 7) is 19.8. The Morgan fingerprint density at radius 3 is 1.88 bits per heavy atom. The maximum Gasteiger partial charge on any atom is 4.00 e. The van der Waals surface area contributed by atoms with Gasteiger partial charge in [-0.25, -0.2) is 0 Å². The number of rotatable bonds is 6. The van der Waals surface area contributed by atoms with Crippen LogP contribution >= 0.6 is 0 Å². The molecule has 180 valence electrons. The summed E-state index contributed by atoms with van der Waals surface area (Å²) in [5.74, 6) is 0. The largest absolute Gasteiger partial charge is 4.00 e. The number of benzene rings is 2. The van der Waals surface area contributed by atoms with Gasteiger partial charge < -0.3 is 24.8 Å². The molecule has 4 aromatic carbocycles. The molecule has 0 saturated carbocycles. The van der Waals surface area contributed by atoms with Gasteiger partial charge in [-0.3, -0.25) is 0 Å². The fraction of sp³-hybridized carbons (Fsp3) is 0.379. The molecule has 34 heavy (non-hydrogen) atoms. The normalized spacial score (nSPS) is 12.2. The summed E-state index contributed by atoms with van der Waals surface area (Å²) in [5, 5.41) is 5.78. The van der Waals surface area contributed by atoms with Gasteiger partial charge >= 0.3 is 26.2 Å². The van der Waals surface area contributed by atoms with Crippen LogP contribution in [0.2, 0.25) is 39.3 Å². The number of hydrogen-bond donors (Lipinski definition) is 0. The third-order valence-electron chi connectivity index (χ3n) is 6.57. The maximum absolute atomic E-state index is 2.55. The van der Waals surface area contributed by atoms with Crippen LogP contribution in [0.5, 0.6) is 0 Å². The summed E-state index contributed by atoms with van der Waals surface area (Å²) in [5.41, 5.74) is 6.16.